The van der Waals surface area contributed by atoms with Crippen LogP contribution in [0.3, 0.4) is 0 Å². The molecule has 2 unspecified atom stereocenters. The van der Waals surface area contributed by atoms with Crippen LogP contribution in [0.4, 0.5) is 0 Å². The van der Waals surface area contributed by atoms with Gasteiger partial charge in [-0.2, -0.15) is 11.8 Å². The molecule has 0 aromatic heterocycles. The van der Waals surface area contributed by atoms with E-state index in [1.807, 2.05) is 18.7 Å². The summed E-state index contributed by atoms with van der Waals surface area (Å²) in [6, 6.07) is 0. The third kappa shape index (κ3) is 3.77. The van der Waals surface area contributed by atoms with Crippen molar-refractivity contribution in [3.8, 4) is 0 Å². The van der Waals surface area contributed by atoms with Crippen molar-refractivity contribution in [2.75, 3.05) is 23.9 Å². The normalized spacial score (nSPS) is 24.3. The summed E-state index contributed by atoms with van der Waals surface area (Å²) in [6.45, 7) is 2.68. The van der Waals surface area contributed by atoms with Gasteiger partial charge in [-0.05, 0) is 23.8 Å². The minimum Gasteiger partial charge on any atom is -0.356 e. The molecule has 0 spiro atoms. The quantitative estimate of drug-likeness (QED) is 0.733. The van der Waals surface area contributed by atoms with E-state index < -0.39 is 0 Å². The van der Waals surface area contributed by atoms with Crippen molar-refractivity contribution < 1.29 is 4.79 Å². The first-order valence-electron chi connectivity index (χ1n) is 4.65. The Labute approximate surface area is 88.8 Å². The highest BCUT2D eigenvalue weighted by molar-refractivity contribution is 7.99. The Balaban J connectivity index is 2.13. The molecule has 0 aliphatic carbocycles. The standard InChI is InChI=1S/C9H16ClNOS/c1-7(4-10)9(12)11-5-8-2-3-13-6-8/h7-8H,2-6H2,1H3,(H,11,12). The van der Waals surface area contributed by atoms with E-state index in [1.54, 1.807) is 0 Å². The first-order valence-corrected chi connectivity index (χ1v) is 6.34. The van der Waals surface area contributed by atoms with Crippen molar-refractivity contribution >= 4 is 29.3 Å². The molecule has 1 aliphatic heterocycles. The summed E-state index contributed by atoms with van der Waals surface area (Å²) in [6.07, 6.45) is 1.24. The highest BCUT2D eigenvalue weighted by Crippen LogP contribution is 2.22. The number of hydrogen-bond donors (Lipinski definition) is 1. The second kappa shape index (κ2) is 5.76. The molecule has 0 bridgehead atoms. The van der Waals surface area contributed by atoms with E-state index in [9.17, 15) is 4.79 Å². The number of carbonyl (C=O) groups excluding carboxylic acids is 1. The minimum absolute atomic E-state index is 0.0595. The average Bonchev–Trinajstić information content (AvgIpc) is 2.65. The fourth-order valence-corrected chi connectivity index (χ4v) is 2.66. The summed E-state index contributed by atoms with van der Waals surface area (Å²) in [5.74, 6) is 3.55. The van der Waals surface area contributed by atoms with Gasteiger partial charge >= 0.3 is 0 Å². The molecule has 0 aromatic carbocycles. The van der Waals surface area contributed by atoms with Gasteiger partial charge in [0.15, 0.2) is 0 Å². The van der Waals surface area contributed by atoms with Crippen molar-refractivity contribution in [3.63, 3.8) is 0 Å². The highest BCUT2D eigenvalue weighted by Gasteiger charge is 2.17. The second-order valence-electron chi connectivity index (χ2n) is 3.53. The van der Waals surface area contributed by atoms with Crippen molar-refractivity contribution in [3.05, 3.63) is 0 Å². The Hall–Kier alpha value is 0.110. The number of thioether (sulfide) groups is 1. The van der Waals surface area contributed by atoms with E-state index in [4.69, 9.17) is 11.6 Å². The van der Waals surface area contributed by atoms with Crippen molar-refractivity contribution in [1.82, 2.24) is 5.32 Å². The Morgan fingerprint density at radius 1 is 1.77 bits per heavy atom. The molecule has 1 fully saturated rings. The predicted molar refractivity (Wildman–Crippen MR) is 58.3 cm³/mol. The third-order valence-electron chi connectivity index (χ3n) is 2.27. The van der Waals surface area contributed by atoms with E-state index in [1.165, 1.54) is 17.9 Å². The van der Waals surface area contributed by atoms with Crippen LogP contribution >= 0.6 is 23.4 Å². The van der Waals surface area contributed by atoms with Crippen LogP contribution in [0, 0.1) is 11.8 Å². The molecule has 1 rings (SSSR count). The van der Waals surface area contributed by atoms with E-state index in [-0.39, 0.29) is 11.8 Å². The number of nitrogens with one attached hydrogen (secondary N) is 1. The number of amides is 1. The lowest BCUT2D eigenvalue weighted by Crippen LogP contribution is -2.34. The van der Waals surface area contributed by atoms with Gasteiger partial charge in [-0.1, -0.05) is 6.92 Å². The monoisotopic (exact) mass is 221 g/mol. The third-order valence-corrected chi connectivity index (χ3v) is 3.96. The minimum atomic E-state index is -0.0595. The van der Waals surface area contributed by atoms with Gasteiger partial charge in [0.1, 0.15) is 0 Å². The van der Waals surface area contributed by atoms with E-state index >= 15 is 0 Å². The zero-order valence-electron chi connectivity index (χ0n) is 7.88. The molecule has 4 heteroatoms. The smallest absolute Gasteiger partial charge is 0.224 e. The lowest BCUT2D eigenvalue weighted by molar-refractivity contribution is -0.124. The van der Waals surface area contributed by atoms with Gasteiger partial charge in [0.25, 0.3) is 0 Å². The van der Waals surface area contributed by atoms with Crippen LogP contribution in [0.15, 0.2) is 0 Å². The molecule has 1 saturated heterocycles. The van der Waals surface area contributed by atoms with E-state index in [0.717, 1.165) is 6.54 Å². The van der Waals surface area contributed by atoms with Crippen LogP contribution in [-0.4, -0.2) is 29.8 Å². The molecular formula is C9H16ClNOS. The predicted octanol–water partition coefficient (Wildman–Crippen LogP) is 1.73. The molecule has 1 aliphatic rings. The topological polar surface area (TPSA) is 29.1 Å². The molecule has 1 amide bonds. The summed E-state index contributed by atoms with van der Waals surface area (Å²) in [4.78, 5) is 11.3. The first-order chi connectivity index (χ1) is 6.24. The van der Waals surface area contributed by atoms with Crippen LogP contribution in [0.5, 0.6) is 0 Å². The Kier molecular flexibility index (Phi) is 4.96. The zero-order valence-corrected chi connectivity index (χ0v) is 9.46. The number of halogens is 1. The maximum Gasteiger partial charge on any atom is 0.224 e. The van der Waals surface area contributed by atoms with Crippen molar-refractivity contribution in [2.24, 2.45) is 11.8 Å². The van der Waals surface area contributed by atoms with Gasteiger partial charge in [0.05, 0.1) is 0 Å². The van der Waals surface area contributed by atoms with Crippen LogP contribution in [0.1, 0.15) is 13.3 Å². The van der Waals surface area contributed by atoms with Gasteiger partial charge in [0.2, 0.25) is 5.91 Å². The Bertz CT molecular complexity index is 171. The molecule has 76 valence electrons. The molecule has 0 saturated carbocycles. The van der Waals surface area contributed by atoms with Crippen LogP contribution in [0.25, 0.3) is 0 Å². The summed E-state index contributed by atoms with van der Waals surface area (Å²) in [5.41, 5.74) is 0. The van der Waals surface area contributed by atoms with Crippen LogP contribution in [-0.2, 0) is 4.79 Å². The molecule has 2 nitrogen and oxygen atoms in total. The summed E-state index contributed by atoms with van der Waals surface area (Å²) in [5, 5.41) is 2.94. The molecular weight excluding hydrogens is 206 g/mol. The first kappa shape index (κ1) is 11.2. The molecule has 0 radical (unpaired) electrons. The highest BCUT2D eigenvalue weighted by atomic mass is 35.5. The number of rotatable bonds is 4. The Morgan fingerprint density at radius 3 is 3.08 bits per heavy atom. The fraction of sp³-hybridized carbons (Fsp3) is 0.889. The number of hydrogen-bond acceptors (Lipinski definition) is 2. The number of alkyl halides is 1. The maximum atomic E-state index is 11.3. The fourth-order valence-electron chi connectivity index (χ4n) is 1.23. The van der Waals surface area contributed by atoms with Gasteiger partial charge in [-0.15, -0.1) is 11.6 Å². The summed E-state index contributed by atoms with van der Waals surface area (Å²) in [7, 11) is 0. The van der Waals surface area contributed by atoms with Gasteiger partial charge < -0.3 is 5.32 Å². The Morgan fingerprint density at radius 2 is 2.54 bits per heavy atom. The SMILES string of the molecule is CC(CCl)C(=O)NCC1CCSC1. The zero-order chi connectivity index (χ0) is 9.68. The average molecular weight is 222 g/mol. The molecule has 0 aromatic rings. The largest absolute Gasteiger partial charge is 0.356 e. The van der Waals surface area contributed by atoms with Crippen LogP contribution < -0.4 is 5.32 Å². The van der Waals surface area contributed by atoms with Crippen molar-refractivity contribution in [1.29, 1.82) is 0 Å². The maximum absolute atomic E-state index is 11.3. The molecule has 2 atom stereocenters. The van der Waals surface area contributed by atoms with E-state index in [2.05, 4.69) is 5.32 Å². The van der Waals surface area contributed by atoms with Gasteiger partial charge in [-0.3, -0.25) is 4.79 Å². The van der Waals surface area contributed by atoms with E-state index in [0.29, 0.717) is 11.8 Å². The summed E-state index contributed by atoms with van der Waals surface area (Å²) >= 11 is 7.55. The van der Waals surface area contributed by atoms with Crippen LogP contribution in [0.2, 0.25) is 0 Å². The summed E-state index contributed by atoms with van der Waals surface area (Å²) < 4.78 is 0. The molecule has 1 heterocycles. The van der Waals surface area contributed by atoms with Gasteiger partial charge in [-0.25, -0.2) is 0 Å². The lowest BCUT2D eigenvalue weighted by atomic mass is 10.1. The lowest BCUT2D eigenvalue weighted by Gasteiger charge is -2.12. The number of carbonyl (C=O) groups is 1. The van der Waals surface area contributed by atoms with Gasteiger partial charge in [0, 0.05) is 18.3 Å². The molecule has 13 heavy (non-hydrogen) atoms. The van der Waals surface area contributed by atoms with Crippen molar-refractivity contribution in [2.45, 2.75) is 13.3 Å². The molecule has 1 N–H and O–H groups in total. The second-order valence-corrected chi connectivity index (χ2v) is 4.99.